The molecule has 15 heavy (non-hydrogen) atoms. The Morgan fingerprint density at radius 3 is 2.67 bits per heavy atom. The number of fused-ring (bicyclic) bond motifs is 1. The van der Waals surface area contributed by atoms with Crippen LogP contribution in [0.5, 0.6) is 0 Å². The van der Waals surface area contributed by atoms with E-state index in [1.807, 2.05) is 30.3 Å². The molecule has 0 radical (unpaired) electrons. The summed E-state index contributed by atoms with van der Waals surface area (Å²) in [6, 6.07) is 9.47. The second-order valence-electron chi connectivity index (χ2n) is 2.96. The number of benzene rings is 1. The summed E-state index contributed by atoms with van der Waals surface area (Å²) < 4.78 is 33.8. The average molecular weight is 242 g/mol. The third kappa shape index (κ3) is 2.64. The van der Waals surface area contributed by atoms with Crippen molar-refractivity contribution in [3.05, 3.63) is 40.6 Å². The van der Waals surface area contributed by atoms with Crippen LogP contribution in [0, 0.1) is 0 Å². The molecule has 5 heteroatoms. The first-order valence-electron chi connectivity index (χ1n) is 4.16. The molecule has 1 aromatic carbocycles. The molecule has 0 aliphatic carbocycles. The van der Waals surface area contributed by atoms with Gasteiger partial charge in [0.2, 0.25) is 0 Å². The molecule has 0 N–H and O–H groups in total. The van der Waals surface area contributed by atoms with E-state index in [1.54, 1.807) is 0 Å². The third-order valence-electron chi connectivity index (χ3n) is 1.84. The molecule has 1 aromatic heterocycles. The van der Waals surface area contributed by atoms with E-state index in [4.69, 9.17) is 0 Å². The third-order valence-corrected chi connectivity index (χ3v) is 3.38. The Balaban J connectivity index is 2.42. The first-order chi connectivity index (χ1) is 7.04. The molecule has 0 atom stereocenters. The molecule has 0 amide bonds. The van der Waals surface area contributed by atoms with Crippen molar-refractivity contribution in [1.82, 2.24) is 0 Å². The maximum atomic E-state index is 12.2. The first kappa shape index (κ1) is 10.3. The number of rotatable bonds is 2. The number of halogens is 1. The van der Waals surface area contributed by atoms with Crippen molar-refractivity contribution in [1.29, 1.82) is 0 Å². The lowest BCUT2D eigenvalue weighted by molar-refractivity contribution is 0.563. The Labute approximate surface area is 90.9 Å². The highest BCUT2D eigenvalue weighted by atomic mass is 32.3. The van der Waals surface area contributed by atoms with Crippen molar-refractivity contribution in [2.24, 2.45) is 0 Å². The molecule has 0 aliphatic rings. The van der Waals surface area contributed by atoms with Gasteiger partial charge in [-0.05, 0) is 23.6 Å². The van der Waals surface area contributed by atoms with Crippen molar-refractivity contribution in [2.75, 3.05) is 0 Å². The van der Waals surface area contributed by atoms with E-state index in [0.717, 1.165) is 15.0 Å². The molecule has 2 rings (SSSR count). The van der Waals surface area contributed by atoms with Crippen LogP contribution in [-0.4, -0.2) is 8.42 Å². The van der Waals surface area contributed by atoms with Crippen LogP contribution >= 0.6 is 11.3 Å². The van der Waals surface area contributed by atoms with E-state index in [9.17, 15) is 12.3 Å². The Kier molecular flexibility index (Phi) is 2.58. The summed E-state index contributed by atoms with van der Waals surface area (Å²) in [4.78, 5) is 0.720. The van der Waals surface area contributed by atoms with E-state index in [-0.39, 0.29) is 0 Å². The number of thiophene rings is 1. The topological polar surface area (TPSA) is 34.1 Å². The maximum Gasteiger partial charge on any atom is 0.325 e. The van der Waals surface area contributed by atoms with Gasteiger partial charge >= 0.3 is 10.2 Å². The zero-order valence-electron chi connectivity index (χ0n) is 7.55. The van der Waals surface area contributed by atoms with Gasteiger partial charge in [0.1, 0.15) is 0 Å². The van der Waals surface area contributed by atoms with Crippen LogP contribution in [0.1, 0.15) is 4.88 Å². The zero-order valence-corrected chi connectivity index (χ0v) is 9.19. The zero-order chi connectivity index (χ0) is 10.9. The quantitative estimate of drug-likeness (QED) is 0.758. The van der Waals surface area contributed by atoms with Gasteiger partial charge in [-0.2, -0.15) is 8.42 Å². The molecule has 0 saturated heterocycles. The van der Waals surface area contributed by atoms with Gasteiger partial charge in [-0.1, -0.05) is 18.2 Å². The molecule has 0 bridgehead atoms. The molecule has 2 aromatic rings. The highest BCUT2D eigenvalue weighted by Crippen LogP contribution is 2.26. The fourth-order valence-corrected chi connectivity index (χ4v) is 2.60. The normalized spacial score (nSPS) is 12.6. The largest absolute Gasteiger partial charge is 0.325 e. The molecule has 1 heterocycles. The minimum Gasteiger partial charge on any atom is -0.190 e. The fraction of sp³-hybridized carbons (Fsp3) is 0. The van der Waals surface area contributed by atoms with Gasteiger partial charge in [0.15, 0.2) is 0 Å². The molecule has 0 spiro atoms. The van der Waals surface area contributed by atoms with Crippen LogP contribution < -0.4 is 0 Å². The minimum atomic E-state index is -4.53. The second kappa shape index (κ2) is 3.75. The Morgan fingerprint density at radius 2 is 2.00 bits per heavy atom. The molecule has 0 saturated carbocycles. The van der Waals surface area contributed by atoms with E-state index in [2.05, 4.69) is 0 Å². The molecule has 2 nitrogen and oxygen atoms in total. The lowest BCUT2D eigenvalue weighted by Crippen LogP contribution is -1.79. The van der Waals surface area contributed by atoms with Crippen molar-refractivity contribution >= 4 is 37.7 Å². The highest BCUT2D eigenvalue weighted by molar-refractivity contribution is 7.89. The minimum absolute atomic E-state index is 0.567. The van der Waals surface area contributed by atoms with Gasteiger partial charge in [-0.25, -0.2) is 0 Å². The predicted octanol–water partition coefficient (Wildman–Crippen LogP) is 3.17. The molecule has 0 aliphatic heterocycles. The van der Waals surface area contributed by atoms with Crippen molar-refractivity contribution in [3.63, 3.8) is 0 Å². The maximum absolute atomic E-state index is 12.2. The fourth-order valence-electron chi connectivity index (χ4n) is 1.23. The Bertz CT molecular complexity index is 578. The van der Waals surface area contributed by atoms with E-state index >= 15 is 0 Å². The summed E-state index contributed by atoms with van der Waals surface area (Å²) in [7, 11) is -4.53. The van der Waals surface area contributed by atoms with Gasteiger partial charge in [-0.15, -0.1) is 15.2 Å². The first-order valence-corrected chi connectivity index (χ1v) is 6.42. The molecular weight excluding hydrogens is 235 g/mol. The van der Waals surface area contributed by atoms with E-state index in [1.165, 1.54) is 17.4 Å². The van der Waals surface area contributed by atoms with Gasteiger partial charge in [0, 0.05) is 9.58 Å². The standard InChI is InChI=1S/C10H7FO2S2/c11-15(12,13)6-5-9-7-8-3-1-2-4-10(8)14-9/h1-7H/b6-5+. The SMILES string of the molecule is O=S(=O)(F)/C=C/c1cc2ccccc2s1. The summed E-state index contributed by atoms with van der Waals surface area (Å²) in [5.41, 5.74) is 0. The molecule has 78 valence electrons. The van der Waals surface area contributed by atoms with E-state index < -0.39 is 10.2 Å². The smallest absolute Gasteiger partial charge is 0.190 e. The molecule has 0 fully saturated rings. The summed E-state index contributed by atoms with van der Waals surface area (Å²) in [5, 5.41) is 1.59. The van der Waals surface area contributed by atoms with Crippen molar-refractivity contribution in [3.8, 4) is 0 Å². The summed E-state index contributed by atoms with van der Waals surface area (Å²) >= 11 is 1.42. The number of hydrogen-bond acceptors (Lipinski definition) is 3. The highest BCUT2D eigenvalue weighted by Gasteiger charge is 2.01. The summed E-state index contributed by atoms with van der Waals surface area (Å²) in [6.07, 6.45) is 1.26. The van der Waals surface area contributed by atoms with Crippen LogP contribution in [0.4, 0.5) is 3.89 Å². The van der Waals surface area contributed by atoms with Crippen LogP contribution in [-0.2, 0) is 10.2 Å². The average Bonchev–Trinajstić information content (AvgIpc) is 2.56. The Morgan fingerprint density at radius 1 is 1.27 bits per heavy atom. The van der Waals surface area contributed by atoms with Gasteiger partial charge in [-0.3, -0.25) is 0 Å². The monoisotopic (exact) mass is 242 g/mol. The second-order valence-corrected chi connectivity index (χ2v) is 5.30. The predicted molar refractivity (Wildman–Crippen MR) is 60.9 cm³/mol. The van der Waals surface area contributed by atoms with Gasteiger partial charge < -0.3 is 0 Å². The molecular formula is C10H7FO2S2. The number of hydrogen-bond donors (Lipinski definition) is 0. The summed E-state index contributed by atoms with van der Waals surface area (Å²) in [5.74, 6) is 0. The van der Waals surface area contributed by atoms with Gasteiger partial charge in [0.25, 0.3) is 0 Å². The Hall–Kier alpha value is -1.20. The summed E-state index contributed by atoms with van der Waals surface area (Å²) in [6.45, 7) is 0. The van der Waals surface area contributed by atoms with Crippen molar-refractivity contribution in [2.45, 2.75) is 0 Å². The lowest BCUT2D eigenvalue weighted by Gasteiger charge is -1.82. The van der Waals surface area contributed by atoms with Crippen molar-refractivity contribution < 1.29 is 12.3 Å². The van der Waals surface area contributed by atoms with E-state index in [0.29, 0.717) is 5.41 Å². The lowest BCUT2D eigenvalue weighted by atomic mass is 10.2. The van der Waals surface area contributed by atoms with Crippen LogP contribution in [0.15, 0.2) is 35.7 Å². The van der Waals surface area contributed by atoms with Gasteiger partial charge in [0.05, 0.1) is 5.41 Å². The van der Waals surface area contributed by atoms with Crippen LogP contribution in [0.2, 0.25) is 0 Å². The van der Waals surface area contributed by atoms with Crippen LogP contribution in [0.25, 0.3) is 16.2 Å². The van der Waals surface area contributed by atoms with Crippen LogP contribution in [0.3, 0.4) is 0 Å². The molecule has 0 unspecified atom stereocenters.